The van der Waals surface area contributed by atoms with E-state index in [1.807, 2.05) is 17.0 Å². The van der Waals surface area contributed by atoms with Crippen LogP contribution in [0.25, 0.3) is 11.1 Å². The number of amides is 1. The van der Waals surface area contributed by atoms with Gasteiger partial charge in [0.05, 0.1) is 11.5 Å². The first-order chi connectivity index (χ1) is 14.9. The number of piperidine rings is 1. The van der Waals surface area contributed by atoms with Crippen LogP contribution in [0.15, 0.2) is 47.4 Å². The van der Waals surface area contributed by atoms with Gasteiger partial charge in [0.25, 0.3) is 0 Å². The van der Waals surface area contributed by atoms with Gasteiger partial charge in [-0.25, -0.2) is 8.42 Å². The molecule has 0 saturated carbocycles. The van der Waals surface area contributed by atoms with Crippen molar-refractivity contribution in [3.05, 3.63) is 48.0 Å². The van der Waals surface area contributed by atoms with Crippen LogP contribution in [0, 0.1) is 5.92 Å². The van der Waals surface area contributed by atoms with E-state index in [0.29, 0.717) is 11.4 Å². The maximum atomic E-state index is 13.4. The van der Waals surface area contributed by atoms with Gasteiger partial charge in [0.1, 0.15) is 0 Å². The summed E-state index contributed by atoms with van der Waals surface area (Å²) in [5, 5.41) is 9.13. The van der Waals surface area contributed by atoms with Crippen LogP contribution in [-0.4, -0.2) is 63.4 Å². The maximum Gasteiger partial charge on any atom is 0.230 e. The first-order valence-corrected chi connectivity index (χ1v) is 12.8. The quantitative estimate of drug-likeness (QED) is 0.770. The van der Waals surface area contributed by atoms with E-state index in [9.17, 15) is 13.2 Å². The summed E-state index contributed by atoms with van der Waals surface area (Å²) in [7, 11) is -3.23. The van der Waals surface area contributed by atoms with Gasteiger partial charge in [-0.05, 0) is 73.7 Å². The molecule has 166 valence electrons. The lowest BCUT2D eigenvalue weighted by Gasteiger charge is -2.36. The zero-order valence-corrected chi connectivity index (χ0v) is 18.8. The number of likely N-dealkylation sites (tertiary alicyclic amines) is 1. The lowest BCUT2D eigenvalue weighted by molar-refractivity contribution is -0.123. The molecular weight excluding hydrogens is 412 g/mol. The highest BCUT2D eigenvalue weighted by molar-refractivity contribution is 7.90. The summed E-state index contributed by atoms with van der Waals surface area (Å²) in [6, 6.07) is 13.1. The van der Waals surface area contributed by atoms with E-state index < -0.39 is 9.84 Å². The van der Waals surface area contributed by atoms with Gasteiger partial charge in [0.15, 0.2) is 9.84 Å². The third-order valence-corrected chi connectivity index (χ3v) is 7.57. The summed E-state index contributed by atoms with van der Waals surface area (Å²) in [4.78, 5) is 17.9. The van der Waals surface area contributed by atoms with Crippen LogP contribution >= 0.6 is 0 Å². The number of nitrogens with zero attached hydrogens (tertiary/aromatic N) is 2. The highest BCUT2D eigenvalue weighted by Crippen LogP contribution is 2.34. The Bertz CT molecular complexity index is 1040. The van der Waals surface area contributed by atoms with Gasteiger partial charge < -0.3 is 14.9 Å². The van der Waals surface area contributed by atoms with Gasteiger partial charge in [-0.2, -0.15) is 0 Å². The van der Waals surface area contributed by atoms with Crippen LogP contribution in [0.2, 0.25) is 0 Å². The molecule has 2 aromatic rings. The van der Waals surface area contributed by atoms with Crippen LogP contribution in [0.4, 0.5) is 5.69 Å². The minimum absolute atomic E-state index is 0.0265. The van der Waals surface area contributed by atoms with Crippen LogP contribution in [-0.2, 0) is 21.1 Å². The van der Waals surface area contributed by atoms with Crippen molar-refractivity contribution in [3.8, 4) is 11.1 Å². The van der Waals surface area contributed by atoms with Gasteiger partial charge in [-0.1, -0.05) is 24.3 Å². The number of aliphatic hydroxyl groups is 1. The van der Waals surface area contributed by atoms with Crippen molar-refractivity contribution in [2.75, 3.05) is 43.9 Å². The second-order valence-corrected chi connectivity index (χ2v) is 10.6. The van der Waals surface area contributed by atoms with Crippen molar-refractivity contribution in [3.63, 3.8) is 0 Å². The van der Waals surface area contributed by atoms with Gasteiger partial charge in [0.2, 0.25) is 5.91 Å². The van der Waals surface area contributed by atoms with E-state index in [4.69, 9.17) is 5.11 Å². The second kappa shape index (κ2) is 9.10. The molecule has 1 fully saturated rings. The topological polar surface area (TPSA) is 77.9 Å². The summed E-state index contributed by atoms with van der Waals surface area (Å²) >= 11 is 0. The highest BCUT2D eigenvalue weighted by Gasteiger charge is 2.31. The third kappa shape index (κ3) is 4.84. The largest absolute Gasteiger partial charge is 0.395 e. The fraction of sp³-hybridized carbons (Fsp3) is 0.458. The fourth-order valence-corrected chi connectivity index (χ4v) is 5.27. The molecule has 0 aliphatic carbocycles. The monoisotopic (exact) mass is 442 g/mol. The SMILES string of the molecule is CS(=O)(=O)c1ccc(-c2ccc3c(c2)N(C(=O)C2CCN(CCO)CC2)CCC3)cc1. The molecule has 0 bridgehead atoms. The van der Waals surface area contributed by atoms with Crippen molar-refractivity contribution in [1.82, 2.24) is 4.90 Å². The Morgan fingerprint density at radius 3 is 2.35 bits per heavy atom. The Balaban J connectivity index is 1.56. The average Bonchev–Trinajstić information content (AvgIpc) is 2.78. The molecule has 1 amide bonds. The molecule has 0 spiro atoms. The summed E-state index contributed by atoms with van der Waals surface area (Å²) in [5.41, 5.74) is 4.09. The number of aliphatic hydroxyl groups excluding tert-OH is 1. The number of fused-ring (bicyclic) bond motifs is 1. The Labute approximate surface area is 184 Å². The molecule has 0 atom stereocenters. The van der Waals surface area contributed by atoms with Crippen LogP contribution < -0.4 is 4.90 Å². The number of aryl methyl sites for hydroxylation is 1. The number of β-amino-alcohol motifs (C(OH)–C–C–N with tert-alkyl or cyclic N) is 1. The number of carbonyl (C=O) groups excluding carboxylic acids is 1. The smallest absolute Gasteiger partial charge is 0.230 e. The molecule has 0 radical (unpaired) electrons. The van der Waals surface area contributed by atoms with Crippen LogP contribution in [0.5, 0.6) is 0 Å². The highest BCUT2D eigenvalue weighted by atomic mass is 32.2. The Hall–Kier alpha value is -2.22. The van der Waals surface area contributed by atoms with Gasteiger partial charge in [-0.3, -0.25) is 4.79 Å². The molecule has 31 heavy (non-hydrogen) atoms. The zero-order chi connectivity index (χ0) is 22.0. The number of hydrogen-bond donors (Lipinski definition) is 1. The summed E-state index contributed by atoms with van der Waals surface area (Å²) in [5.74, 6) is 0.229. The Kier molecular flexibility index (Phi) is 6.46. The fourth-order valence-electron chi connectivity index (χ4n) is 4.64. The summed E-state index contributed by atoms with van der Waals surface area (Å²) in [6.07, 6.45) is 4.79. The first-order valence-electron chi connectivity index (χ1n) is 10.9. The minimum Gasteiger partial charge on any atom is -0.395 e. The van der Waals surface area contributed by atoms with Gasteiger partial charge in [0, 0.05) is 31.0 Å². The average molecular weight is 443 g/mol. The number of sulfone groups is 1. The molecule has 2 aromatic carbocycles. The Morgan fingerprint density at radius 1 is 1.03 bits per heavy atom. The predicted octanol–water partition coefficient (Wildman–Crippen LogP) is 2.74. The van der Waals surface area contributed by atoms with Gasteiger partial charge in [-0.15, -0.1) is 0 Å². The first kappa shape index (κ1) is 22.0. The summed E-state index contributed by atoms with van der Waals surface area (Å²) in [6.45, 7) is 3.27. The molecule has 0 unspecified atom stereocenters. The Morgan fingerprint density at radius 2 is 1.71 bits per heavy atom. The minimum atomic E-state index is -3.23. The molecule has 4 rings (SSSR count). The lowest BCUT2D eigenvalue weighted by atomic mass is 9.92. The normalized spacial score (nSPS) is 18.1. The summed E-state index contributed by atoms with van der Waals surface area (Å²) < 4.78 is 23.5. The molecule has 6 nitrogen and oxygen atoms in total. The van der Waals surface area contributed by atoms with E-state index in [-0.39, 0.29) is 18.4 Å². The number of carbonyl (C=O) groups is 1. The van der Waals surface area contributed by atoms with E-state index in [1.165, 1.54) is 11.8 Å². The standard InChI is InChI=1S/C24H30N2O4S/c1-31(29,30)22-8-6-18(7-9-22)21-5-4-19-3-2-12-26(23(19)17-21)24(28)20-10-13-25(14-11-20)15-16-27/h4-9,17,20,27H,2-3,10-16H2,1H3. The van der Waals surface area contributed by atoms with Crippen molar-refractivity contribution >= 4 is 21.4 Å². The van der Waals surface area contributed by atoms with Crippen LogP contribution in [0.1, 0.15) is 24.8 Å². The maximum absolute atomic E-state index is 13.4. The molecule has 7 heteroatoms. The number of benzene rings is 2. The molecule has 2 heterocycles. The number of anilines is 1. The van der Waals surface area contributed by atoms with Gasteiger partial charge >= 0.3 is 0 Å². The second-order valence-electron chi connectivity index (χ2n) is 8.57. The molecule has 1 N–H and O–H groups in total. The molecule has 1 saturated heterocycles. The van der Waals surface area contributed by atoms with E-state index in [1.54, 1.807) is 12.1 Å². The van der Waals surface area contributed by atoms with Crippen molar-refractivity contribution in [2.45, 2.75) is 30.6 Å². The van der Waals surface area contributed by atoms with E-state index >= 15 is 0 Å². The number of hydrogen-bond acceptors (Lipinski definition) is 5. The van der Waals surface area contributed by atoms with E-state index in [2.05, 4.69) is 23.1 Å². The lowest BCUT2D eigenvalue weighted by Crippen LogP contribution is -2.44. The van der Waals surface area contributed by atoms with E-state index in [0.717, 1.165) is 62.1 Å². The van der Waals surface area contributed by atoms with Crippen molar-refractivity contribution < 1.29 is 18.3 Å². The number of rotatable bonds is 5. The molecule has 0 aromatic heterocycles. The zero-order valence-electron chi connectivity index (χ0n) is 18.0. The predicted molar refractivity (Wildman–Crippen MR) is 122 cm³/mol. The van der Waals surface area contributed by atoms with Crippen molar-refractivity contribution in [2.24, 2.45) is 5.92 Å². The molecular formula is C24H30N2O4S. The van der Waals surface area contributed by atoms with Crippen molar-refractivity contribution in [1.29, 1.82) is 0 Å². The molecule has 2 aliphatic heterocycles. The third-order valence-electron chi connectivity index (χ3n) is 6.44. The van der Waals surface area contributed by atoms with Crippen LogP contribution in [0.3, 0.4) is 0 Å². The molecule has 2 aliphatic rings.